The average Bonchev–Trinajstić information content (AvgIpc) is 2.68. The van der Waals surface area contributed by atoms with Crippen molar-refractivity contribution >= 4 is 39.9 Å². The molecule has 0 bridgehead atoms. The summed E-state index contributed by atoms with van der Waals surface area (Å²) >= 11 is 6.17. The summed E-state index contributed by atoms with van der Waals surface area (Å²) in [5, 5.41) is 3.55. The molecule has 132 valence electrons. The van der Waals surface area contributed by atoms with Crippen molar-refractivity contribution in [3.8, 4) is 0 Å². The molecule has 1 aliphatic heterocycles. The van der Waals surface area contributed by atoms with Crippen LogP contribution in [0.1, 0.15) is 29.8 Å². The summed E-state index contributed by atoms with van der Waals surface area (Å²) in [4.78, 5) is 23.8. The van der Waals surface area contributed by atoms with Crippen LogP contribution in [-0.2, 0) is 0 Å². The third-order valence-corrected chi connectivity index (χ3v) is 4.82. The second-order valence-corrected chi connectivity index (χ2v) is 6.84. The molecule has 0 atom stereocenters. The van der Waals surface area contributed by atoms with E-state index in [2.05, 4.69) is 20.2 Å². The van der Waals surface area contributed by atoms with Crippen molar-refractivity contribution < 1.29 is 4.79 Å². The number of carbonyl (C=O) groups is 1. The van der Waals surface area contributed by atoms with Crippen molar-refractivity contribution in [1.29, 1.82) is 0 Å². The summed E-state index contributed by atoms with van der Waals surface area (Å²) in [5.74, 6) is -0.288. The Morgan fingerprint density at radius 2 is 1.81 bits per heavy atom. The molecule has 1 amide bonds. The second kappa shape index (κ2) is 7.30. The standard InChI is InChI=1S/C20H19ClN4O/c21-14-8-9-19(25-10-4-1-5-11-25)17(12-14)24-20(26)18-13-22-15-6-2-3-7-16(15)23-18/h2-3,6-9,12-13H,1,4-5,10-11H2,(H,24,26). The van der Waals surface area contributed by atoms with Gasteiger partial charge in [0.2, 0.25) is 0 Å². The minimum Gasteiger partial charge on any atom is -0.370 e. The Morgan fingerprint density at radius 3 is 2.62 bits per heavy atom. The Morgan fingerprint density at radius 1 is 1.04 bits per heavy atom. The van der Waals surface area contributed by atoms with Crippen molar-refractivity contribution in [3.05, 3.63) is 59.4 Å². The van der Waals surface area contributed by atoms with E-state index in [4.69, 9.17) is 11.6 Å². The number of hydrogen-bond donors (Lipinski definition) is 1. The number of carbonyl (C=O) groups excluding carboxylic acids is 1. The Bertz CT molecular complexity index is 953. The number of para-hydroxylation sites is 2. The van der Waals surface area contributed by atoms with Gasteiger partial charge in [-0.25, -0.2) is 4.98 Å². The van der Waals surface area contributed by atoms with E-state index in [9.17, 15) is 4.79 Å². The van der Waals surface area contributed by atoms with Gasteiger partial charge in [-0.1, -0.05) is 23.7 Å². The van der Waals surface area contributed by atoms with Gasteiger partial charge in [-0.15, -0.1) is 0 Å². The van der Waals surface area contributed by atoms with Crippen LogP contribution in [0.2, 0.25) is 5.02 Å². The molecule has 1 aliphatic rings. The summed E-state index contributed by atoms with van der Waals surface area (Å²) in [7, 11) is 0. The average molecular weight is 367 g/mol. The fourth-order valence-electron chi connectivity index (χ4n) is 3.27. The summed E-state index contributed by atoms with van der Waals surface area (Å²) in [6.45, 7) is 1.97. The molecule has 2 aromatic carbocycles. The number of piperidine rings is 1. The smallest absolute Gasteiger partial charge is 0.275 e. The predicted octanol–water partition coefficient (Wildman–Crippen LogP) is 4.53. The maximum atomic E-state index is 12.7. The van der Waals surface area contributed by atoms with Gasteiger partial charge in [-0.2, -0.15) is 0 Å². The van der Waals surface area contributed by atoms with E-state index in [0.717, 1.165) is 37.1 Å². The molecule has 3 aromatic rings. The van der Waals surface area contributed by atoms with E-state index in [1.54, 1.807) is 6.07 Å². The van der Waals surface area contributed by atoms with Crippen LogP contribution in [0, 0.1) is 0 Å². The molecule has 26 heavy (non-hydrogen) atoms. The quantitative estimate of drug-likeness (QED) is 0.740. The van der Waals surface area contributed by atoms with Crippen LogP contribution in [0.3, 0.4) is 0 Å². The zero-order valence-corrected chi connectivity index (χ0v) is 15.0. The van der Waals surface area contributed by atoms with Gasteiger partial charge in [0.05, 0.1) is 28.6 Å². The van der Waals surface area contributed by atoms with E-state index >= 15 is 0 Å². The molecule has 0 unspecified atom stereocenters. The van der Waals surface area contributed by atoms with Crippen molar-refractivity contribution in [2.45, 2.75) is 19.3 Å². The lowest BCUT2D eigenvalue weighted by Gasteiger charge is -2.30. The van der Waals surface area contributed by atoms with E-state index in [1.807, 2.05) is 36.4 Å². The number of anilines is 2. The summed E-state index contributed by atoms with van der Waals surface area (Å²) in [6, 6.07) is 13.1. The number of rotatable bonds is 3. The lowest BCUT2D eigenvalue weighted by Crippen LogP contribution is -2.30. The highest BCUT2D eigenvalue weighted by Gasteiger charge is 2.17. The van der Waals surface area contributed by atoms with E-state index in [1.165, 1.54) is 12.6 Å². The Balaban J connectivity index is 1.62. The number of amides is 1. The molecule has 0 aliphatic carbocycles. The Hall–Kier alpha value is -2.66. The zero-order chi connectivity index (χ0) is 17.9. The Kier molecular flexibility index (Phi) is 4.71. The molecule has 6 heteroatoms. The summed E-state index contributed by atoms with van der Waals surface area (Å²) in [6.07, 6.45) is 5.07. The second-order valence-electron chi connectivity index (χ2n) is 6.41. The van der Waals surface area contributed by atoms with Gasteiger partial charge >= 0.3 is 0 Å². The zero-order valence-electron chi connectivity index (χ0n) is 14.3. The Labute approximate surface area is 157 Å². The van der Waals surface area contributed by atoms with Gasteiger partial charge in [-0.3, -0.25) is 9.78 Å². The third kappa shape index (κ3) is 3.48. The lowest BCUT2D eigenvalue weighted by molar-refractivity contribution is 0.102. The molecule has 0 spiro atoms. The third-order valence-electron chi connectivity index (χ3n) is 4.58. The predicted molar refractivity (Wildman–Crippen MR) is 105 cm³/mol. The molecular formula is C20H19ClN4O. The number of nitrogens with zero attached hydrogens (tertiary/aromatic N) is 3. The molecular weight excluding hydrogens is 348 g/mol. The van der Waals surface area contributed by atoms with Crippen molar-refractivity contribution in [1.82, 2.24) is 9.97 Å². The van der Waals surface area contributed by atoms with Crippen LogP contribution >= 0.6 is 11.6 Å². The van der Waals surface area contributed by atoms with Crippen LogP contribution < -0.4 is 10.2 Å². The molecule has 1 fully saturated rings. The van der Waals surface area contributed by atoms with Crippen molar-refractivity contribution in [3.63, 3.8) is 0 Å². The number of fused-ring (bicyclic) bond motifs is 1. The largest absolute Gasteiger partial charge is 0.370 e. The number of benzene rings is 2. The SMILES string of the molecule is O=C(Nc1cc(Cl)ccc1N1CCCCC1)c1cnc2ccccc2n1. The number of halogens is 1. The fourth-order valence-corrected chi connectivity index (χ4v) is 3.44. The van der Waals surface area contributed by atoms with Crippen LogP contribution in [0.5, 0.6) is 0 Å². The maximum Gasteiger partial charge on any atom is 0.275 e. The van der Waals surface area contributed by atoms with Crippen LogP contribution in [0.15, 0.2) is 48.7 Å². The highest BCUT2D eigenvalue weighted by Crippen LogP contribution is 2.31. The molecule has 2 heterocycles. The summed E-state index contributed by atoms with van der Waals surface area (Å²) in [5.41, 5.74) is 3.45. The molecule has 1 aromatic heterocycles. The molecule has 1 saturated heterocycles. The van der Waals surface area contributed by atoms with Crippen molar-refractivity contribution in [2.75, 3.05) is 23.3 Å². The van der Waals surface area contributed by atoms with Crippen LogP contribution in [0.25, 0.3) is 11.0 Å². The van der Waals surface area contributed by atoms with E-state index in [0.29, 0.717) is 16.2 Å². The topological polar surface area (TPSA) is 58.1 Å². The van der Waals surface area contributed by atoms with Gasteiger partial charge in [0.1, 0.15) is 5.69 Å². The first kappa shape index (κ1) is 16.8. The first-order valence-corrected chi connectivity index (χ1v) is 9.16. The first-order chi connectivity index (χ1) is 12.7. The lowest BCUT2D eigenvalue weighted by atomic mass is 10.1. The highest BCUT2D eigenvalue weighted by molar-refractivity contribution is 6.31. The minimum atomic E-state index is -0.288. The van der Waals surface area contributed by atoms with Crippen LogP contribution in [0.4, 0.5) is 11.4 Å². The van der Waals surface area contributed by atoms with Gasteiger partial charge < -0.3 is 10.2 Å². The monoisotopic (exact) mass is 366 g/mol. The molecule has 0 saturated carbocycles. The van der Waals surface area contributed by atoms with E-state index in [-0.39, 0.29) is 11.6 Å². The number of hydrogen-bond acceptors (Lipinski definition) is 4. The van der Waals surface area contributed by atoms with E-state index < -0.39 is 0 Å². The molecule has 5 nitrogen and oxygen atoms in total. The first-order valence-electron chi connectivity index (χ1n) is 8.78. The number of nitrogens with one attached hydrogen (secondary N) is 1. The van der Waals surface area contributed by atoms with Gasteiger partial charge in [-0.05, 0) is 49.6 Å². The fraction of sp³-hybridized carbons (Fsp3) is 0.250. The molecule has 1 N–H and O–H groups in total. The highest BCUT2D eigenvalue weighted by atomic mass is 35.5. The molecule has 0 radical (unpaired) electrons. The van der Waals surface area contributed by atoms with Crippen molar-refractivity contribution in [2.24, 2.45) is 0 Å². The normalized spacial score (nSPS) is 14.4. The van der Waals surface area contributed by atoms with Gasteiger partial charge in [0.25, 0.3) is 5.91 Å². The van der Waals surface area contributed by atoms with Gasteiger partial charge in [0.15, 0.2) is 0 Å². The minimum absolute atomic E-state index is 0.285. The summed E-state index contributed by atoms with van der Waals surface area (Å²) < 4.78 is 0. The number of aromatic nitrogens is 2. The van der Waals surface area contributed by atoms with Crippen LogP contribution in [-0.4, -0.2) is 29.0 Å². The molecule has 4 rings (SSSR count). The van der Waals surface area contributed by atoms with Gasteiger partial charge in [0, 0.05) is 18.1 Å². The maximum absolute atomic E-state index is 12.7.